The highest BCUT2D eigenvalue weighted by Crippen LogP contribution is 2.29. The van der Waals surface area contributed by atoms with E-state index in [9.17, 15) is 5.11 Å². The molecule has 0 bridgehead atoms. The van der Waals surface area contributed by atoms with Crippen molar-refractivity contribution >= 4 is 27.3 Å². The summed E-state index contributed by atoms with van der Waals surface area (Å²) in [5, 5.41) is 9.98. The van der Waals surface area contributed by atoms with Crippen molar-refractivity contribution in [3.8, 4) is 0 Å². The van der Waals surface area contributed by atoms with Gasteiger partial charge in [-0.1, -0.05) is 30.3 Å². The molecule has 3 heteroatoms. The van der Waals surface area contributed by atoms with Gasteiger partial charge >= 0.3 is 0 Å². The van der Waals surface area contributed by atoms with E-state index >= 15 is 0 Å². The van der Waals surface area contributed by atoms with Gasteiger partial charge in [0.1, 0.15) is 0 Å². The zero-order chi connectivity index (χ0) is 11.4. The topological polar surface area (TPSA) is 20.2 Å². The van der Waals surface area contributed by atoms with Crippen molar-refractivity contribution in [3.63, 3.8) is 0 Å². The quantitative estimate of drug-likeness (QED) is 0.897. The van der Waals surface area contributed by atoms with Gasteiger partial charge in [-0.3, -0.25) is 0 Å². The standard InChI is InChI=1S/C13H13BrOS/c14-13-9-8-12(16-13)11(15)7-6-10-4-2-1-3-5-10/h1-5,8-9,11,15H,6-7H2. The lowest BCUT2D eigenvalue weighted by Gasteiger charge is -2.07. The molecule has 0 radical (unpaired) electrons. The molecule has 0 aliphatic carbocycles. The van der Waals surface area contributed by atoms with E-state index in [0.717, 1.165) is 21.5 Å². The number of hydrogen-bond acceptors (Lipinski definition) is 2. The van der Waals surface area contributed by atoms with Gasteiger partial charge in [-0.05, 0) is 46.5 Å². The number of aryl methyl sites for hydroxylation is 1. The predicted octanol–water partition coefficient (Wildman–Crippen LogP) is 4.18. The monoisotopic (exact) mass is 296 g/mol. The molecular formula is C13H13BrOS. The third kappa shape index (κ3) is 3.17. The fourth-order valence-electron chi connectivity index (χ4n) is 1.60. The molecule has 2 rings (SSSR count). The zero-order valence-corrected chi connectivity index (χ0v) is 11.2. The second-order valence-electron chi connectivity index (χ2n) is 3.68. The van der Waals surface area contributed by atoms with Crippen molar-refractivity contribution in [2.24, 2.45) is 0 Å². The molecule has 1 nitrogen and oxygen atoms in total. The number of halogens is 1. The minimum atomic E-state index is -0.350. The van der Waals surface area contributed by atoms with Crippen molar-refractivity contribution in [3.05, 3.63) is 56.7 Å². The van der Waals surface area contributed by atoms with E-state index in [2.05, 4.69) is 28.1 Å². The lowest BCUT2D eigenvalue weighted by Crippen LogP contribution is -1.96. The third-order valence-electron chi connectivity index (χ3n) is 2.47. The maximum atomic E-state index is 9.98. The van der Waals surface area contributed by atoms with Crippen LogP contribution in [0.25, 0.3) is 0 Å². The van der Waals surface area contributed by atoms with Crippen LogP contribution in [0.5, 0.6) is 0 Å². The number of hydrogen-bond donors (Lipinski definition) is 1. The second-order valence-corrected chi connectivity index (χ2v) is 6.18. The van der Waals surface area contributed by atoms with Crippen LogP contribution in [0.2, 0.25) is 0 Å². The number of aliphatic hydroxyl groups excluding tert-OH is 1. The summed E-state index contributed by atoms with van der Waals surface area (Å²) in [6.07, 6.45) is 1.34. The summed E-state index contributed by atoms with van der Waals surface area (Å²) >= 11 is 5.00. The average Bonchev–Trinajstić information content (AvgIpc) is 2.74. The Kier molecular flexibility index (Phi) is 4.16. The Morgan fingerprint density at radius 2 is 1.88 bits per heavy atom. The van der Waals surface area contributed by atoms with E-state index in [1.165, 1.54) is 5.56 Å². The van der Waals surface area contributed by atoms with Gasteiger partial charge in [-0.15, -0.1) is 11.3 Å². The molecule has 1 aromatic carbocycles. The van der Waals surface area contributed by atoms with Gasteiger partial charge in [0.2, 0.25) is 0 Å². The molecular weight excluding hydrogens is 284 g/mol. The Labute approximate surface area is 108 Å². The summed E-state index contributed by atoms with van der Waals surface area (Å²) in [6.45, 7) is 0. The number of benzene rings is 1. The van der Waals surface area contributed by atoms with Crippen LogP contribution < -0.4 is 0 Å². The molecule has 2 aromatic rings. The maximum Gasteiger partial charge on any atom is 0.0885 e. The lowest BCUT2D eigenvalue weighted by atomic mass is 10.1. The first-order valence-corrected chi connectivity index (χ1v) is 6.84. The average molecular weight is 297 g/mol. The van der Waals surface area contributed by atoms with Gasteiger partial charge in [0.05, 0.1) is 9.89 Å². The van der Waals surface area contributed by atoms with E-state index in [4.69, 9.17) is 0 Å². The van der Waals surface area contributed by atoms with Crippen LogP contribution in [0.3, 0.4) is 0 Å². The summed E-state index contributed by atoms with van der Waals surface area (Å²) in [5.41, 5.74) is 1.28. The SMILES string of the molecule is OC(CCc1ccccc1)c1ccc(Br)s1. The Bertz CT molecular complexity index is 438. The van der Waals surface area contributed by atoms with Crippen LogP contribution >= 0.6 is 27.3 Å². The van der Waals surface area contributed by atoms with Crippen molar-refractivity contribution in [2.75, 3.05) is 0 Å². The maximum absolute atomic E-state index is 9.98. The smallest absolute Gasteiger partial charge is 0.0885 e. The lowest BCUT2D eigenvalue weighted by molar-refractivity contribution is 0.171. The van der Waals surface area contributed by atoms with Gasteiger partial charge < -0.3 is 5.11 Å². The molecule has 16 heavy (non-hydrogen) atoms. The first-order valence-electron chi connectivity index (χ1n) is 5.23. The molecule has 0 saturated heterocycles. The molecule has 1 N–H and O–H groups in total. The summed E-state index contributed by atoms with van der Waals surface area (Å²) in [7, 11) is 0. The Hall–Kier alpha value is -0.640. The highest BCUT2D eigenvalue weighted by atomic mass is 79.9. The molecule has 84 valence electrons. The molecule has 1 atom stereocenters. The zero-order valence-electron chi connectivity index (χ0n) is 8.77. The second kappa shape index (κ2) is 5.62. The highest BCUT2D eigenvalue weighted by molar-refractivity contribution is 9.11. The molecule has 0 aliphatic heterocycles. The molecule has 0 spiro atoms. The predicted molar refractivity (Wildman–Crippen MR) is 71.7 cm³/mol. The van der Waals surface area contributed by atoms with Gasteiger partial charge in [-0.25, -0.2) is 0 Å². The van der Waals surface area contributed by atoms with E-state index < -0.39 is 0 Å². The van der Waals surface area contributed by atoms with E-state index in [1.807, 2.05) is 30.3 Å². The largest absolute Gasteiger partial charge is 0.388 e. The Balaban J connectivity index is 1.91. The number of thiophene rings is 1. The normalized spacial score (nSPS) is 12.6. The van der Waals surface area contributed by atoms with Gasteiger partial charge in [0.15, 0.2) is 0 Å². The molecule has 1 aromatic heterocycles. The fraction of sp³-hybridized carbons (Fsp3) is 0.231. The number of rotatable bonds is 4. The van der Waals surface area contributed by atoms with Crippen LogP contribution in [0, 0.1) is 0 Å². The Morgan fingerprint density at radius 1 is 1.12 bits per heavy atom. The van der Waals surface area contributed by atoms with Crippen LogP contribution in [0.15, 0.2) is 46.3 Å². The van der Waals surface area contributed by atoms with Crippen molar-refractivity contribution in [1.29, 1.82) is 0 Å². The molecule has 0 aliphatic rings. The van der Waals surface area contributed by atoms with Crippen LogP contribution in [0.4, 0.5) is 0 Å². The van der Waals surface area contributed by atoms with Gasteiger partial charge in [0, 0.05) is 4.88 Å². The van der Waals surface area contributed by atoms with E-state index in [-0.39, 0.29) is 6.10 Å². The van der Waals surface area contributed by atoms with Crippen LogP contribution in [-0.4, -0.2) is 5.11 Å². The van der Waals surface area contributed by atoms with Crippen LogP contribution in [0.1, 0.15) is 23.0 Å². The summed E-state index contributed by atoms with van der Waals surface area (Å²) < 4.78 is 1.07. The van der Waals surface area contributed by atoms with Crippen molar-refractivity contribution in [1.82, 2.24) is 0 Å². The molecule has 0 saturated carbocycles. The molecule has 1 unspecified atom stereocenters. The third-order valence-corrected chi connectivity index (χ3v) is 4.20. The van der Waals surface area contributed by atoms with Crippen molar-refractivity contribution < 1.29 is 5.11 Å². The van der Waals surface area contributed by atoms with E-state index in [1.54, 1.807) is 11.3 Å². The summed E-state index contributed by atoms with van der Waals surface area (Å²) in [5.74, 6) is 0. The Morgan fingerprint density at radius 3 is 2.50 bits per heavy atom. The summed E-state index contributed by atoms with van der Waals surface area (Å²) in [4.78, 5) is 1.03. The summed E-state index contributed by atoms with van der Waals surface area (Å²) in [6, 6.07) is 14.2. The minimum Gasteiger partial charge on any atom is -0.388 e. The van der Waals surface area contributed by atoms with Crippen LogP contribution in [-0.2, 0) is 6.42 Å². The fourth-order valence-corrected chi connectivity index (χ4v) is 3.04. The molecule has 0 amide bonds. The molecule has 1 heterocycles. The van der Waals surface area contributed by atoms with Crippen molar-refractivity contribution in [2.45, 2.75) is 18.9 Å². The van der Waals surface area contributed by atoms with Gasteiger partial charge in [0.25, 0.3) is 0 Å². The minimum absolute atomic E-state index is 0.350. The first kappa shape index (κ1) is 11.8. The van der Waals surface area contributed by atoms with E-state index in [0.29, 0.717) is 0 Å². The molecule has 0 fully saturated rings. The highest BCUT2D eigenvalue weighted by Gasteiger charge is 2.09. The van der Waals surface area contributed by atoms with Gasteiger partial charge in [-0.2, -0.15) is 0 Å². The first-order chi connectivity index (χ1) is 7.75. The number of aliphatic hydroxyl groups is 1.